The van der Waals surface area contributed by atoms with Crippen LogP contribution >= 0.6 is 0 Å². The summed E-state index contributed by atoms with van der Waals surface area (Å²) < 4.78 is 15.3. The maximum atomic E-state index is 12.2. The van der Waals surface area contributed by atoms with Crippen LogP contribution in [0.4, 0.5) is 5.95 Å². The zero-order valence-electron chi connectivity index (χ0n) is 14.3. The predicted molar refractivity (Wildman–Crippen MR) is 94.5 cm³/mol. The summed E-state index contributed by atoms with van der Waals surface area (Å²) in [5.41, 5.74) is 6.14. The number of anilines is 1. The van der Waals surface area contributed by atoms with E-state index in [0.29, 0.717) is 22.8 Å². The van der Waals surface area contributed by atoms with Crippen LogP contribution in [0.3, 0.4) is 0 Å². The van der Waals surface area contributed by atoms with Gasteiger partial charge in [0, 0.05) is 5.56 Å². The minimum absolute atomic E-state index is 0.00952. The number of hydrogen-bond acceptors (Lipinski definition) is 8. The lowest BCUT2D eigenvalue weighted by Gasteiger charge is -2.11. The second-order valence-corrected chi connectivity index (χ2v) is 5.27. The van der Waals surface area contributed by atoms with Crippen LogP contribution < -0.4 is 20.8 Å². The molecule has 1 aromatic carbocycles. The summed E-state index contributed by atoms with van der Waals surface area (Å²) in [7, 11) is 4.26. The first-order valence-corrected chi connectivity index (χ1v) is 7.49. The zero-order valence-corrected chi connectivity index (χ0v) is 14.3. The molecule has 134 valence electrons. The van der Waals surface area contributed by atoms with Crippen molar-refractivity contribution in [2.24, 2.45) is 0 Å². The molecule has 2 heterocycles. The Morgan fingerprint density at radius 2 is 1.81 bits per heavy atom. The molecule has 0 fully saturated rings. The Kier molecular flexibility index (Phi) is 4.44. The molecule has 3 N–H and O–H groups in total. The van der Waals surface area contributed by atoms with Crippen molar-refractivity contribution in [3.05, 3.63) is 40.2 Å². The number of benzene rings is 1. The first kappa shape index (κ1) is 17.2. The largest absolute Gasteiger partial charge is 0.493 e. The number of nitrogens with one attached hydrogen (secondary N) is 1. The van der Waals surface area contributed by atoms with Gasteiger partial charge in [0.05, 0.1) is 38.0 Å². The van der Waals surface area contributed by atoms with Gasteiger partial charge in [-0.15, -0.1) is 0 Å². The van der Waals surface area contributed by atoms with Crippen LogP contribution in [0.5, 0.6) is 11.5 Å². The molecule has 0 atom stereocenters. The van der Waals surface area contributed by atoms with E-state index in [1.165, 1.54) is 27.4 Å². The van der Waals surface area contributed by atoms with Gasteiger partial charge in [-0.05, 0) is 24.3 Å². The molecule has 0 aliphatic heterocycles. The van der Waals surface area contributed by atoms with Crippen molar-refractivity contribution in [1.29, 1.82) is 0 Å². The lowest BCUT2D eigenvalue weighted by molar-refractivity contribution is 0.0603. The van der Waals surface area contributed by atoms with Crippen LogP contribution in [0.15, 0.2) is 29.1 Å². The van der Waals surface area contributed by atoms with E-state index in [-0.39, 0.29) is 22.5 Å². The number of fused-ring (bicyclic) bond motifs is 1. The summed E-state index contributed by atoms with van der Waals surface area (Å²) in [6.45, 7) is 0. The third-order valence-electron chi connectivity index (χ3n) is 3.78. The molecule has 26 heavy (non-hydrogen) atoms. The van der Waals surface area contributed by atoms with E-state index in [1.807, 2.05) is 0 Å². The summed E-state index contributed by atoms with van der Waals surface area (Å²) >= 11 is 0. The van der Waals surface area contributed by atoms with Crippen molar-refractivity contribution < 1.29 is 19.0 Å². The Balaban J connectivity index is 2.31. The molecule has 0 aliphatic carbocycles. The number of esters is 1. The van der Waals surface area contributed by atoms with Gasteiger partial charge in [-0.3, -0.25) is 9.78 Å². The lowest BCUT2D eigenvalue weighted by atomic mass is 10.1. The average molecular weight is 356 g/mol. The topological polar surface area (TPSA) is 129 Å². The second kappa shape index (κ2) is 6.71. The molecule has 0 bridgehead atoms. The summed E-state index contributed by atoms with van der Waals surface area (Å²) in [4.78, 5) is 35.1. The first-order chi connectivity index (χ1) is 12.5. The fraction of sp³-hybridized carbons (Fsp3) is 0.176. The highest BCUT2D eigenvalue weighted by molar-refractivity contribution is 6.03. The van der Waals surface area contributed by atoms with Crippen molar-refractivity contribution in [2.75, 3.05) is 27.1 Å². The molecule has 0 unspecified atom stereocenters. The number of nitrogen functional groups attached to an aromatic ring is 1. The average Bonchev–Trinajstić information content (AvgIpc) is 2.65. The van der Waals surface area contributed by atoms with Crippen molar-refractivity contribution >= 4 is 23.0 Å². The van der Waals surface area contributed by atoms with Crippen molar-refractivity contribution in [3.63, 3.8) is 0 Å². The molecular weight excluding hydrogens is 340 g/mol. The maximum absolute atomic E-state index is 12.2. The van der Waals surface area contributed by atoms with Gasteiger partial charge in [-0.1, -0.05) is 0 Å². The number of carbonyl (C=O) groups excluding carboxylic acids is 1. The summed E-state index contributed by atoms with van der Waals surface area (Å²) in [5, 5.41) is 0.00952. The maximum Gasteiger partial charge on any atom is 0.338 e. The third-order valence-corrected chi connectivity index (χ3v) is 3.78. The number of hydrogen-bond donors (Lipinski definition) is 2. The fourth-order valence-electron chi connectivity index (χ4n) is 2.57. The summed E-state index contributed by atoms with van der Waals surface area (Å²) in [6.07, 6.45) is 0. The molecule has 0 radical (unpaired) electrons. The molecule has 3 aromatic rings. The minimum Gasteiger partial charge on any atom is -0.493 e. The molecule has 9 heteroatoms. The molecule has 0 amide bonds. The second-order valence-electron chi connectivity index (χ2n) is 5.27. The molecule has 0 aliphatic rings. The normalized spacial score (nSPS) is 10.6. The van der Waals surface area contributed by atoms with E-state index in [0.717, 1.165) is 0 Å². The number of methoxy groups -OCH3 is 3. The molecule has 3 rings (SSSR count). The number of rotatable bonds is 4. The summed E-state index contributed by atoms with van der Waals surface area (Å²) in [5.74, 6) is 0.250. The zero-order chi connectivity index (χ0) is 18.8. The Hall–Kier alpha value is -3.62. The van der Waals surface area contributed by atoms with Gasteiger partial charge in [-0.2, -0.15) is 4.98 Å². The molecule has 0 saturated heterocycles. The van der Waals surface area contributed by atoms with Gasteiger partial charge in [0.2, 0.25) is 5.95 Å². The summed E-state index contributed by atoms with van der Waals surface area (Å²) in [6, 6.07) is 6.61. The minimum atomic E-state index is -0.684. The lowest BCUT2D eigenvalue weighted by Crippen LogP contribution is -2.16. The van der Waals surface area contributed by atoms with Gasteiger partial charge in [-0.25, -0.2) is 9.78 Å². The number of aromatic nitrogens is 3. The van der Waals surface area contributed by atoms with Crippen LogP contribution in [-0.4, -0.2) is 42.3 Å². The van der Waals surface area contributed by atoms with Gasteiger partial charge in [0.1, 0.15) is 0 Å². The van der Waals surface area contributed by atoms with E-state index >= 15 is 0 Å². The standard InChI is InChI=1S/C17H16N4O5/c1-24-11-5-4-8(6-12(11)25-2)10-7-9(16(23)26-3)13-14(19-10)20-17(18)21-15(13)22/h4-7H,1-3H3,(H3,18,19,20,21,22). The highest BCUT2D eigenvalue weighted by Gasteiger charge is 2.19. The van der Waals surface area contributed by atoms with Crippen LogP contribution in [-0.2, 0) is 4.74 Å². The number of ether oxygens (including phenoxy) is 3. The van der Waals surface area contributed by atoms with E-state index < -0.39 is 11.5 Å². The molecule has 0 spiro atoms. The molecular formula is C17H16N4O5. The smallest absolute Gasteiger partial charge is 0.338 e. The number of carbonyl (C=O) groups is 1. The van der Waals surface area contributed by atoms with Gasteiger partial charge in [0.15, 0.2) is 17.1 Å². The molecule has 2 aromatic heterocycles. The first-order valence-electron chi connectivity index (χ1n) is 7.49. The molecule has 9 nitrogen and oxygen atoms in total. The monoisotopic (exact) mass is 356 g/mol. The highest BCUT2D eigenvalue weighted by atomic mass is 16.5. The van der Waals surface area contributed by atoms with Gasteiger partial charge >= 0.3 is 5.97 Å². The number of nitrogens with zero attached hydrogens (tertiary/aromatic N) is 2. The van der Waals surface area contributed by atoms with Crippen molar-refractivity contribution in [1.82, 2.24) is 15.0 Å². The number of H-pyrrole nitrogens is 1. The number of nitrogens with two attached hydrogens (primary N) is 1. The Morgan fingerprint density at radius 3 is 2.46 bits per heavy atom. The van der Waals surface area contributed by atoms with E-state index in [1.54, 1.807) is 18.2 Å². The van der Waals surface area contributed by atoms with Crippen LogP contribution in [0.25, 0.3) is 22.3 Å². The fourth-order valence-corrected chi connectivity index (χ4v) is 2.57. The van der Waals surface area contributed by atoms with Gasteiger partial charge < -0.3 is 19.9 Å². The Morgan fingerprint density at radius 1 is 1.08 bits per heavy atom. The molecule has 0 saturated carbocycles. The van der Waals surface area contributed by atoms with Gasteiger partial charge in [0.25, 0.3) is 5.56 Å². The Labute approximate surface area is 147 Å². The van der Waals surface area contributed by atoms with Crippen molar-refractivity contribution in [2.45, 2.75) is 0 Å². The van der Waals surface area contributed by atoms with E-state index in [9.17, 15) is 9.59 Å². The Bertz CT molecular complexity index is 1060. The van der Waals surface area contributed by atoms with E-state index in [2.05, 4.69) is 15.0 Å². The van der Waals surface area contributed by atoms with Crippen LogP contribution in [0.1, 0.15) is 10.4 Å². The quantitative estimate of drug-likeness (QED) is 0.671. The highest BCUT2D eigenvalue weighted by Crippen LogP contribution is 2.32. The van der Waals surface area contributed by atoms with Crippen molar-refractivity contribution in [3.8, 4) is 22.8 Å². The van der Waals surface area contributed by atoms with E-state index in [4.69, 9.17) is 19.9 Å². The van der Waals surface area contributed by atoms with Crippen LogP contribution in [0, 0.1) is 0 Å². The predicted octanol–water partition coefficient (Wildman–Crippen LogP) is 1.37. The SMILES string of the molecule is COC(=O)c1cc(-c2ccc(OC)c(OC)c2)nc2nc(N)[nH]c(=O)c12. The van der Waals surface area contributed by atoms with Crippen LogP contribution in [0.2, 0.25) is 0 Å². The number of pyridine rings is 1. The third kappa shape index (κ3) is 2.90. The number of aromatic amines is 1.